The summed E-state index contributed by atoms with van der Waals surface area (Å²) in [5.41, 5.74) is 1.05. The number of fused-ring (bicyclic) bond motifs is 1. The minimum absolute atomic E-state index is 0.0155. The van der Waals surface area contributed by atoms with E-state index < -0.39 is 28.4 Å². The van der Waals surface area contributed by atoms with E-state index in [9.17, 15) is 26.4 Å². The predicted octanol–water partition coefficient (Wildman–Crippen LogP) is 6.32. The number of alkyl halides is 2. The van der Waals surface area contributed by atoms with Crippen LogP contribution in [0.3, 0.4) is 0 Å². The fourth-order valence-electron chi connectivity index (χ4n) is 3.35. The van der Waals surface area contributed by atoms with Gasteiger partial charge in [0.05, 0.1) is 22.2 Å². The Morgan fingerprint density at radius 3 is 2.53 bits per heavy atom. The third kappa shape index (κ3) is 7.20. The van der Waals surface area contributed by atoms with Crippen molar-refractivity contribution < 1.29 is 41.0 Å². The molecule has 0 saturated heterocycles. The molecule has 0 aromatic heterocycles. The van der Waals surface area contributed by atoms with Crippen LogP contribution in [0, 0.1) is 5.82 Å². The van der Waals surface area contributed by atoms with Crippen LogP contribution >= 0.6 is 11.6 Å². The molecule has 0 saturated carbocycles. The average Bonchev–Trinajstić information content (AvgIpc) is 2.88. The Labute approximate surface area is 222 Å². The molecule has 0 amide bonds. The zero-order valence-electron chi connectivity index (χ0n) is 20.0. The lowest BCUT2D eigenvalue weighted by Gasteiger charge is -2.30. The molecule has 0 unspecified atom stereocenters. The Morgan fingerprint density at radius 1 is 1.16 bits per heavy atom. The Morgan fingerprint density at radius 2 is 1.87 bits per heavy atom. The van der Waals surface area contributed by atoms with Crippen molar-refractivity contribution in [2.24, 2.45) is 0 Å². The van der Waals surface area contributed by atoms with Gasteiger partial charge in [0.2, 0.25) is 0 Å². The minimum Gasteiger partial charge on any atom is -0.489 e. The van der Waals surface area contributed by atoms with E-state index in [2.05, 4.69) is 4.74 Å². The standard InChI is InChI=1S/C23H17ClF3NO4S.C3H6O2/c24-19-5-2-6-20(25)18(19)9-7-15-8-10-22-21(13-15)28(11-12-31-22)33(29,30)17-4-1-3-16(14-17)32-23(26)27;1-2-3(4)5/h1-10,13-14,23H,11-12H2;2H2,1H3,(H,4,5)/b9-7+;. The smallest absolute Gasteiger partial charge is 0.387 e. The number of hydrogen-bond acceptors (Lipinski definition) is 5. The van der Waals surface area contributed by atoms with Crippen molar-refractivity contribution in [3.63, 3.8) is 0 Å². The number of carboxylic acids is 1. The van der Waals surface area contributed by atoms with Crippen LogP contribution in [0.2, 0.25) is 5.02 Å². The van der Waals surface area contributed by atoms with Crippen molar-refractivity contribution in [3.8, 4) is 11.5 Å². The molecule has 3 aromatic carbocycles. The zero-order chi connectivity index (χ0) is 27.9. The molecule has 3 aromatic rings. The van der Waals surface area contributed by atoms with Crippen LogP contribution in [0.1, 0.15) is 24.5 Å². The first kappa shape index (κ1) is 28.9. The number of anilines is 1. The van der Waals surface area contributed by atoms with Crippen molar-refractivity contribution >= 4 is 45.4 Å². The summed E-state index contributed by atoms with van der Waals surface area (Å²) in [6, 6.07) is 14.1. The number of carbonyl (C=O) groups is 1. The van der Waals surface area contributed by atoms with Gasteiger partial charge in [0.1, 0.15) is 23.9 Å². The average molecular weight is 570 g/mol. The van der Waals surface area contributed by atoms with E-state index in [1.165, 1.54) is 36.4 Å². The molecule has 1 aliphatic heterocycles. The third-order valence-electron chi connectivity index (χ3n) is 5.17. The lowest BCUT2D eigenvalue weighted by atomic mass is 10.1. The van der Waals surface area contributed by atoms with Gasteiger partial charge in [-0.25, -0.2) is 12.8 Å². The van der Waals surface area contributed by atoms with E-state index in [0.717, 1.165) is 10.4 Å². The maximum Gasteiger partial charge on any atom is 0.387 e. The van der Waals surface area contributed by atoms with Gasteiger partial charge in [0, 0.05) is 18.1 Å². The van der Waals surface area contributed by atoms with E-state index in [4.69, 9.17) is 21.4 Å². The number of halogens is 4. The summed E-state index contributed by atoms with van der Waals surface area (Å²) in [6.07, 6.45) is 3.31. The van der Waals surface area contributed by atoms with Crippen molar-refractivity contribution in [2.75, 3.05) is 17.5 Å². The molecule has 7 nitrogen and oxygen atoms in total. The molecule has 0 aliphatic carbocycles. The summed E-state index contributed by atoms with van der Waals surface area (Å²) in [7, 11) is -4.11. The first-order valence-electron chi connectivity index (χ1n) is 11.2. The molecule has 202 valence electrons. The van der Waals surface area contributed by atoms with Gasteiger partial charge >= 0.3 is 12.6 Å². The lowest BCUT2D eigenvalue weighted by molar-refractivity contribution is -0.136. The number of nitrogens with zero attached hydrogens (tertiary/aromatic N) is 1. The molecular formula is C26H23ClF3NO6S. The fraction of sp³-hybridized carbons (Fsp3) is 0.192. The van der Waals surface area contributed by atoms with E-state index in [1.807, 2.05) is 0 Å². The van der Waals surface area contributed by atoms with Crippen molar-refractivity contribution in [3.05, 3.63) is 82.6 Å². The molecule has 12 heteroatoms. The van der Waals surface area contributed by atoms with E-state index in [0.29, 0.717) is 11.3 Å². The van der Waals surface area contributed by atoms with Gasteiger partial charge in [0.25, 0.3) is 10.0 Å². The number of benzene rings is 3. The van der Waals surface area contributed by atoms with Gasteiger partial charge in [-0.15, -0.1) is 0 Å². The highest BCUT2D eigenvalue weighted by molar-refractivity contribution is 7.92. The summed E-state index contributed by atoms with van der Waals surface area (Å²) in [4.78, 5) is 9.17. The molecule has 0 spiro atoms. The van der Waals surface area contributed by atoms with Crippen molar-refractivity contribution in [1.29, 1.82) is 0 Å². The van der Waals surface area contributed by atoms with Crippen LogP contribution in [0.4, 0.5) is 18.9 Å². The van der Waals surface area contributed by atoms with Crippen molar-refractivity contribution in [2.45, 2.75) is 24.9 Å². The molecule has 0 radical (unpaired) electrons. The van der Waals surface area contributed by atoms with E-state index in [-0.39, 0.29) is 46.5 Å². The van der Waals surface area contributed by atoms with Gasteiger partial charge in [-0.1, -0.05) is 42.8 Å². The van der Waals surface area contributed by atoms with Crippen LogP contribution in [-0.2, 0) is 14.8 Å². The van der Waals surface area contributed by atoms with Crippen LogP contribution < -0.4 is 13.8 Å². The second kappa shape index (κ2) is 12.7. The number of rotatable bonds is 7. The zero-order valence-corrected chi connectivity index (χ0v) is 21.6. The number of hydrogen-bond donors (Lipinski definition) is 1. The molecule has 0 atom stereocenters. The minimum atomic E-state index is -4.11. The van der Waals surface area contributed by atoms with Crippen LogP contribution in [0.5, 0.6) is 11.5 Å². The topological polar surface area (TPSA) is 93.1 Å². The second-order valence-electron chi connectivity index (χ2n) is 7.72. The summed E-state index contributed by atoms with van der Waals surface area (Å²) in [5, 5.41) is 7.96. The van der Waals surface area contributed by atoms with E-state index in [1.54, 1.807) is 37.3 Å². The Bertz CT molecular complexity index is 1410. The van der Waals surface area contributed by atoms with E-state index >= 15 is 0 Å². The highest BCUT2D eigenvalue weighted by atomic mass is 35.5. The van der Waals surface area contributed by atoms with Gasteiger partial charge in [-0.05, 0) is 48.0 Å². The van der Waals surface area contributed by atoms with Gasteiger partial charge < -0.3 is 14.6 Å². The Hall–Kier alpha value is -3.70. The molecular weight excluding hydrogens is 547 g/mol. The fourth-order valence-corrected chi connectivity index (χ4v) is 5.06. The SMILES string of the molecule is CCC(=O)O.O=S(=O)(c1cccc(OC(F)F)c1)N1CCOc2ccc(/C=C/c3c(F)cccc3Cl)cc21. The normalized spacial score (nSPS) is 12.9. The number of aliphatic carboxylic acids is 1. The first-order chi connectivity index (χ1) is 18.0. The highest BCUT2D eigenvalue weighted by Crippen LogP contribution is 2.37. The lowest BCUT2D eigenvalue weighted by Crippen LogP contribution is -2.38. The maximum absolute atomic E-state index is 14.0. The number of sulfonamides is 1. The summed E-state index contributed by atoms with van der Waals surface area (Å²) in [6.45, 7) is -1.35. The highest BCUT2D eigenvalue weighted by Gasteiger charge is 2.30. The number of ether oxygens (including phenoxy) is 2. The second-order valence-corrected chi connectivity index (χ2v) is 9.99. The molecule has 0 fully saturated rings. The molecule has 1 N–H and O–H groups in total. The van der Waals surface area contributed by atoms with Crippen LogP contribution in [-0.4, -0.2) is 39.3 Å². The summed E-state index contributed by atoms with van der Waals surface area (Å²) in [5.74, 6) is -1.16. The number of carboxylic acid groups (broad SMARTS) is 1. The third-order valence-corrected chi connectivity index (χ3v) is 7.31. The van der Waals surface area contributed by atoms with Gasteiger partial charge in [-0.3, -0.25) is 9.10 Å². The molecule has 1 heterocycles. The maximum atomic E-state index is 14.0. The summed E-state index contributed by atoms with van der Waals surface area (Å²) < 4.78 is 76.8. The molecule has 38 heavy (non-hydrogen) atoms. The first-order valence-corrected chi connectivity index (χ1v) is 13.0. The van der Waals surface area contributed by atoms with Crippen molar-refractivity contribution in [1.82, 2.24) is 0 Å². The van der Waals surface area contributed by atoms with Gasteiger partial charge in [0.15, 0.2) is 0 Å². The summed E-state index contributed by atoms with van der Waals surface area (Å²) >= 11 is 6.05. The predicted molar refractivity (Wildman–Crippen MR) is 138 cm³/mol. The quantitative estimate of drug-likeness (QED) is 0.335. The van der Waals surface area contributed by atoms with Crippen LogP contribution in [0.25, 0.3) is 12.2 Å². The monoisotopic (exact) mass is 569 g/mol. The van der Waals surface area contributed by atoms with Gasteiger partial charge in [-0.2, -0.15) is 8.78 Å². The molecule has 1 aliphatic rings. The Kier molecular flexibility index (Phi) is 9.65. The Balaban J connectivity index is 0.000000732. The molecule has 0 bridgehead atoms. The largest absolute Gasteiger partial charge is 0.489 e. The molecule has 4 rings (SSSR count). The van der Waals surface area contributed by atoms with Crippen LogP contribution in [0.15, 0.2) is 65.6 Å².